The number of nitrogens with one attached hydrogen (secondary N) is 1. The van der Waals surface area contributed by atoms with Crippen molar-refractivity contribution in [2.75, 3.05) is 13.1 Å². The van der Waals surface area contributed by atoms with Crippen molar-refractivity contribution in [3.63, 3.8) is 0 Å². The number of carbonyl (C=O) groups excluding carboxylic acids is 3. The molecule has 0 spiro atoms. The molecule has 2 aliphatic rings. The second kappa shape index (κ2) is 14.0. The molecule has 244 valence electrons. The maximum absolute atomic E-state index is 14.3. The van der Waals surface area contributed by atoms with Gasteiger partial charge in [-0.15, -0.1) is 0 Å². The van der Waals surface area contributed by atoms with Crippen LogP contribution in [0.15, 0.2) is 71.6 Å². The number of amides is 3. The molecule has 0 saturated carbocycles. The molecule has 3 amide bonds. The summed E-state index contributed by atoms with van der Waals surface area (Å²) in [5, 5.41) is 3.20. The maximum atomic E-state index is 14.3. The number of halogens is 4. The summed E-state index contributed by atoms with van der Waals surface area (Å²) >= 11 is 24.8. The van der Waals surface area contributed by atoms with Crippen LogP contribution in [-0.2, 0) is 37.4 Å². The van der Waals surface area contributed by atoms with Gasteiger partial charge in [-0.1, -0.05) is 82.8 Å². The highest BCUT2D eigenvalue weighted by atomic mass is 35.5. The molecule has 5 rings (SSSR count). The van der Waals surface area contributed by atoms with Crippen LogP contribution in [0.1, 0.15) is 25.0 Å². The number of rotatable bonds is 8. The smallest absolute Gasteiger partial charge is 0.408 e. The zero-order valence-corrected chi connectivity index (χ0v) is 28.5. The van der Waals surface area contributed by atoms with Crippen LogP contribution in [0.5, 0.6) is 0 Å². The van der Waals surface area contributed by atoms with Gasteiger partial charge >= 0.3 is 6.09 Å². The summed E-state index contributed by atoms with van der Waals surface area (Å²) < 4.78 is 35.1. The largest absolute Gasteiger partial charge is 0.445 e. The van der Waals surface area contributed by atoms with E-state index in [0.717, 1.165) is 4.31 Å². The quantitative estimate of drug-likeness (QED) is 0.322. The number of ether oxygens (including phenoxy) is 1. The Hall–Kier alpha value is -3.06. The van der Waals surface area contributed by atoms with Crippen LogP contribution in [0, 0.1) is 0 Å². The fourth-order valence-corrected chi connectivity index (χ4v) is 8.24. The molecule has 2 heterocycles. The van der Waals surface area contributed by atoms with E-state index >= 15 is 0 Å². The van der Waals surface area contributed by atoms with E-state index in [1.807, 2.05) is 6.07 Å². The van der Waals surface area contributed by atoms with Crippen molar-refractivity contribution in [1.82, 2.24) is 19.4 Å². The summed E-state index contributed by atoms with van der Waals surface area (Å²) in [5.74, 6) is -1.03. The summed E-state index contributed by atoms with van der Waals surface area (Å²) in [6, 6.07) is 14.9. The second-order valence-electron chi connectivity index (χ2n) is 11.2. The van der Waals surface area contributed by atoms with E-state index in [1.54, 1.807) is 56.3 Å². The van der Waals surface area contributed by atoms with E-state index in [-0.39, 0.29) is 51.5 Å². The minimum atomic E-state index is -4.42. The third-order valence-electron chi connectivity index (χ3n) is 7.85. The van der Waals surface area contributed by atoms with Crippen molar-refractivity contribution in [2.45, 2.75) is 56.1 Å². The molecular formula is C31H30Cl4N4O6S. The van der Waals surface area contributed by atoms with Gasteiger partial charge in [-0.25, -0.2) is 13.2 Å². The van der Waals surface area contributed by atoms with E-state index in [4.69, 9.17) is 51.1 Å². The normalized spacial score (nSPS) is 20.5. The lowest BCUT2D eigenvalue weighted by Crippen LogP contribution is -2.76. The van der Waals surface area contributed by atoms with Gasteiger partial charge in [0.15, 0.2) is 0 Å². The Labute approximate surface area is 287 Å². The van der Waals surface area contributed by atoms with Gasteiger partial charge in [0.1, 0.15) is 29.8 Å². The van der Waals surface area contributed by atoms with Gasteiger partial charge in [0.2, 0.25) is 21.8 Å². The number of sulfonamides is 1. The van der Waals surface area contributed by atoms with Crippen LogP contribution >= 0.6 is 46.4 Å². The zero-order chi connectivity index (χ0) is 33.3. The van der Waals surface area contributed by atoms with Crippen molar-refractivity contribution >= 4 is 74.3 Å². The van der Waals surface area contributed by atoms with Crippen LogP contribution in [0.25, 0.3) is 0 Å². The average Bonchev–Trinajstić information content (AvgIpc) is 3.00. The number of hydrogen-bond acceptors (Lipinski definition) is 6. The number of benzene rings is 3. The first-order chi connectivity index (χ1) is 21.8. The monoisotopic (exact) mass is 726 g/mol. The molecule has 15 heteroatoms. The van der Waals surface area contributed by atoms with Crippen LogP contribution < -0.4 is 5.32 Å². The topological polar surface area (TPSA) is 116 Å². The number of hydrogen-bond donors (Lipinski definition) is 1. The van der Waals surface area contributed by atoms with Crippen molar-refractivity contribution in [3.8, 4) is 0 Å². The predicted octanol–water partition coefficient (Wildman–Crippen LogP) is 5.62. The van der Waals surface area contributed by atoms with Crippen molar-refractivity contribution in [2.24, 2.45) is 0 Å². The van der Waals surface area contributed by atoms with Crippen LogP contribution in [-0.4, -0.2) is 77.8 Å². The number of piperazine rings is 1. The fourth-order valence-electron chi connectivity index (χ4n) is 5.59. The molecule has 0 bridgehead atoms. The molecule has 2 fully saturated rings. The van der Waals surface area contributed by atoms with Crippen LogP contribution in [0.3, 0.4) is 0 Å². The highest BCUT2D eigenvalue weighted by Crippen LogP contribution is 2.35. The first-order valence-electron chi connectivity index (χ1n) is 14.3. The van der Waals surface area contributed by atoms with Gasteiger partial charge in [-0.2, -0.15) is 4.31 Å². The van der Waals surface area contributed by atoms with Gasteiger partial charge in [0.25, 0.3) is 0 Å². The lowest BCUT2D eigenvalue weighted by molar-refractivity contribution is -0.168. The summed E-state index contributed by atoms with van der Waals surface area (Å²) in [5.41, 5.74) is 1.31. The lowest BCUT2D eigenvalue weighted by atomic mass is 9.96. The molecule has 2 aliphatic heterocycles. The molecular weight excluding hydrogens is 698 g/mol. The first kappa shape index (κ1) is 34.3. The Morgan fingerprint density at radius 3 is 2.26 bits per heavy atom. The Kier molecular flexibility index (Phi) is 10.4. The van der Waals surface area contributed by atoms with Crippen molar-refractivity contribution in [1.29, 1.82) is 0 Å². The van der Waals surface area contributed by atoms with Crippen molar-refractivity contribution < 1.29 is 27.5 Å². The SMILES string of the molecule is CC(C)N1CC2N(C(=O)C(NC(=O)OCc3ccccc3)CN2S(=O)(=O)c2ccc(Cl)cc2Cl)C(Cc2ccc(Cl)c(Cl)c2)C1=O. The summed E-state index contributed by atoms with van der Waals surface area (Å²) in [4.78, 5) is 43.7. The van der Waals surface area contributed by atoms with E-state index in [1.165, 1.54) is 28.0 Å². The first-order valence-corrected chi connectivity index (χ1v) is 17.2. The van der Waals surface area contributed by atoms with E-state index in [2.05, 4.69) is 5.32 Å². The standard InChI is InChI=1S/C31H30Cl4N4O6S/c1-18(2)37-16-28-38(46(43,44)27-11-9-21(32)14-24(27)35)15-25(36-31(42)45-17-19-6-4-3-5-7-19)29(40)39(28)26(30(37)41)13-20-8-10-22(33)23(34)12-20/h3-12,14,18,25-26,28H,13,15-17H2,1-2H3,(H,36,42). The predicted molar refractivity (Wildman–Crippen MR) is 175 cm³/mol. The Bertz CT molecular complexity index is 1760. The maximum Gasteiger partial charge on any atom is 0.408 e. The number of fused-ring (bicyclic) bond motifs is 1. The van der Waals surface area contributed by atoms with E-state index in [9.17, 15) is 22.8 Å². The fraction of sp³-hybridized carbons (Fsp3) is 0.323. The van der Waals surface area contributed by atoms with Gasteiger partial charge in [0.05, 0.1) is 21.6 Å². The molecule has 0 aliphatic carbocycles. The molecule has 3 atom stereocenters. The molecule has 0 aromatic heterocycles. The van der Waals surface area contributed by atoms with Crippen LogP contribution in [0.2, 0.25) is 20.1 Å². The summed E-state index contributed by atoms with van der Waals surface area (Å²) in [7, 11) is -4.42. The van der Waals surface area contributed by atoms with Gasteiger partial charge in [-0.3, -0.25) is 9.59 Å². The summed E-state index contributed by atoms with van der Waals surface area (Å²) in [6.45, 7) is 2.97. The van der Waals surface area contributed by atoms with Gasteiger partial charge in [0, 0.05) is 24.0 Å². The highest BCUT2D eigenvalue weighted by molar-refractivity contribution is 7.89. The van der Waals surface area contributed by atoms with E-state index < -0.39 is 46.8 Å². The molecule has 3 aromatic rings. The molecule has 46 heavy (non-hydrogen) atoms. The Morgan fingerprint density at radius 1 is 0.891 bits per heavy atom. The highest BCUT2D eigenvalue weighted by Gasteiger charge is 2.54. The zero-order valence-electron chi connectivity index (χ0n) is 24.7. The molecule has 2 saturated heterocycles. The summed E-state index contributed by atoms with van der Waals surface area (Å²) in [6.07, 6.45) is -2.06. The van der Waals surface area contributed by atoms with Gasteiger partial charge in [-0.05, 0) is 55.3 Å². The van der Waals surface area contributed by atoms with E-state index in [0.29, 0.717) is 16.1 Å². The van der Waals surface area contributed by atoms with Crippen molar-refractivity contribution in [3.05, 3.63) is 97.9 Å². The molecule has 3 unspecified atom stereocenters. The Morgan fingerprint density at radius 2 is 1.61 bits per heavy atom. The minimum Gasteiger partial charge on any atom is -0.445 e. The van der Waals surface area contributed by atoms with Crippen LogP contribution in [0.4, 0.5) is 4.79 Å². The number of carbonyl (C=O) groups is 3. The second-order valence-corrected chi connectivity index (χ2v) is 14.7. The Balaban J connectivity index is 1.55. The number of alkyl carbamates (subject to hydrolysis) is 1. The average molecular weight is 728 g/mol. The lowest BCUT2D eigenvalue weighted by Gasteiger charge is -2.54. The minimum absolute atomic E-state index is 0.00193. The third-order valence-corrected chi connectivity index (χ3v) is 11.2. The molecule has 0 radical (unpaired) electrons. The molecule has 3 aromatic carbocycles. The number of nitrogens with zero attached hydrogens (tertiary/aromatic N) is 3. The van der Waals surface area contributed by atoms with Gasteiger partial charge < -0.3 is 19.9 Å². The molecule has 10 nitrogen and oxygen atoms in total. The third kappa shape index (κ3) is 7.10. The molecule has 1 N–H and O–H groups in total.